The summed E-state index contributed by atoms with van der Waals surface area (Å²) in [7, 11) is 0. The highest BCUT2D eigenvalue weighted by molar-refractivity contribution is 5.96. The SMILES string of the molecule is N=C(N)c1cc(N)c(N)cc1F. The summed E-state index contributed by atoms with van der Waals surface area (Å²) in [4.78, 5) is 0. The molecule has 0 aliphatic heterocycles. The van der Waals surface area contributed by atoms with Gasteiger partial charge in [0.05, 0.1) is 16.9 Å². The average molecular weight is 168 g/mol. The summed E-state index contributed by atoms with van der Waals surface area (Å²) in [5.74, 6) is -0.992. The van der Waals surface area contributed by atoms with Crippen molar-refractivity contribution in [3.8, 4) is 0 Å². The third-order valence-electron chi connectivity index (χ3n) is 1.46. The normalized spacial score (nSPS) is 9.75. The highest BCUT2D eigenvalue weighted by atomic mass is 19.1. The standard InChI is InChI=1S/C7H9FN4/c8-4-2-6(10)5(9)1-3(4)7(11)12/h1-2H,9-10H2,(H3,11,12). The van der Waals surface area contributed by atoms with E-state index in [4.69, 9.17) is 22.6 Å². The Hall–Kier alpha value is -1.78. The molecule has 0 aliphatic carbocycles. The predicted molar refractivity (Wildman–Crippen MR) is 46.2 cm³/mol. The summed E-state index contributed by atoms with van der Waals surface area (Å²) >= 11 is 0. The summed E-state index contributed by atoms with van der Waals surface area (Å²) in [6.07, 6.45) is 0. The van der Waals surface area contributed by atoms with Gasteiger partial charge in [-0.1, -0.05) is 0 Å². The monoisotopic (exact) mass is 168 g/mol. The van der Waals surface area contributed by atoms with Crippen LogP contribution >= 0.6 is 0 Å². The minimum absolute atomic E-state index is 0.0262. The van der Waals surface area contributed by atoms with Gasteiger partial charge in [-0.25, -0.2) is 4.39 Å². The predicted octanol–water partition coefficient (Wildman–Crippen LogP) is 0.274. The van der Waals surface area contributed by atoms with Crippen LogP contribution in [-0.2, 0) is 0 Å². The number of benzene rings is 1. The van der Waals surface area contributed by atoms with Gasteiger partial charge in [0.2, 0.25) is 0 Å². The third kappa shape index (κ3) is 1.29. The topological polar surface area (TPSA) is 102 Å². The first kappa shape index (κ1) is 8.32. The van der Waals surface area contributed by atoms with Gasteiger partial charge in [0.1, 0.15) is 11.7 Å². The zero-order valence-electron chi connectivity index (χ0n) is 6.26. The Balaban J connectivity index is 3.33. The fraction of sp³-hybridized carbons (Fsp3) is 0. The van der Waals surface area contributed by atoms with E-state index in [-0.39, 0.29) is 22.8 Å². The zero-order chi connectivity index (χ0) is 9.30. The Morgan fingerprint density at radius 1 is 1.25 bits per heavy atom. The number of rotatable bonds is 1. The van der Waals surface area contributed by atoms with Gasteiger partial charge in [-0.3, -0.25) is 5.41 Å². The maximum Gasteiger partial charge on any atom is 0.136 e. The second-order valence-electron chi connectivity index (χ2n) is 2.37. The number of anilines is 2. The van der Waals surface area contributed by atoms with Crippen LogP contribution in [0.3, 0.4) is 0 Å². The number of nitrogens with one attached hydrogen (secondary N) is 1. The molecule has 0 bridgehead atoms. The van der Waals surface area contributed by atoms with Crippen molar-refractivity contribution in [2.45, 2.75) is 0 Å². The molecule has 1 aromatic rings. The van der Waals surface area contributed by atoms with Crippen molar-refractivity contribution in [2.75, 3.05) is 11.5 Å². The highest BCUT2D eigenvalue weighted by Crippen LogP contribution is 2.19. The average Bonchev–Trinajstić information content (AvgIpc) is 1.96. The van der Waals surface area contributed by atoms with Crippen LogP contribution in [0.1, 0.15) is 5.56 Å². The lowest BCUT2D eigenvalue weighted by molar-refractivity contribution is 0.626. The molecule has 0 radical (unpaired) electrons. The van der Waals surface area contributed by atoms with Crippen molar-refractivity contribution in [3.63, 3.8) is 0 Å². The van der Waals surface area contributed by atoms with E-state index in [2.05, 4.69) is 0 Å². The van der Waals surface area contributed by atoms with Crippen molar-refractivity contribution < 1.29 is 4.39 Å². The van der Waals surface area contributed by atoms with Crippen molar-refractivity contribution >= 4 is 17.2 Å². The minimum atomic E-state index is -0.630. The van der Waals surface area contributed by atoms with E-state index in [0.717, 1.165) is 6.07 Å². The van der Waals surface area contributed by atoms with E-state index in [1.54, 1.807) is 0 Å². The van der Waals surface area contributed by atoms with Crippen LogP contribution < -0.4 is 17.2 Å². The molecule has 7 N–H and O–H groups in total. The molecule has 0 unspecified atom stereocenters. The van der Waals surface area contributed by atoms with Gasteiger partial charge >= 0.3 is 0 Å². The Kier molecular flexibility index (Phi) is 1.86. The van der Waals surface area contributed by atoms with Crippen LogP contribution in [0, 0.1) is 11.2 Å². The van der Waals surface area contributed by atoms with Crippen molar-refractivity contribution in [1.82, 2.24) is 0 Å². The molecule has 0 saturated carbocycles. The second-order valence-corrected chi connectivity index (χ2v) is 2.37. The van der Waals surface area contributed by atoms with Crippen LogP contribution in [0.4, 0.5) is 15.8 Å². The Morgan fingerprint density at radius 2 is 1.75 bits per heavy atom. The van der Waals surface area contributed by atoms with E-state index in [0.29, 0.717) is 0 Å². The number of hydrogen-bond acceptors (Lipinski definition) is 3. The number of hydrogen-bond donors (Lipinski definition) is 4. The lowest BCUT2D eigenvalue weighted by Gasteiger charge is -2.04. The molecule has 0 atom stereocenters. The molecular formula is C7H9FN4. The molecule has 1 rings (SSSR count). The molecule has 0 spiro atoms. The number of nitrogens with two attached hydrogens (primary N) is 3. The molecule has 1 aromatic carbocycles. The number of halogens is 1. The largest absolute Gasteiger partial charge is 0.397 e. The van der Waals surface area contributed by atoms with E-state index in [9.17, 15) is 4.39 Å². The maximum absolute atomic E-state index is 12.9. The molecule has 0 saturated heterocycles. The summed E-state index contributed by atoms with van der Waals surface area (Å²) in [6, 6.07) is 2.29. The number of amidine groups is 1. The van der Waals surface area contributed by atoms with E-state index in [1.165, 1.54) is 6.07 Å². The van der Waals surface area contributed by atoms with Gasteiger partial charge in [-0.15, -0.1) is 0 Å². The summed E-state index contributed by atoms with van der Waals surface area (Å²) in [5, 5.41) is 6.98. The second kappa shape index (κ2) is 2.69. The fourth-order valence-corrected chi connectivity index (χ4v) is 0.812. The van der Waals surface area contributed by atoms with Crippen LogP contribution in [0.2, 0.25) is 0 Å². The number of nitrogen functional groups attached to an aromatic ring is 3. The van der Waals surface area contributed by atoms with Crippen molar-refractivity contribution in [3.05, 3.63) is 23.5 Å². The Bertz CT molecular complexity index is 334. The van der Waals surface area contributed by atoms with Crippen LogP contribution in [0.25, 0.3) is 0 Å². The Morgan fingerprint density at radius 3 is 2.25 bits per heavy atom. The first-order chi connectivity index (χ1) is 5.52. The van der Waals surface area contributed by atoms with Crippen molar-refractivity contribution in [1.29, 1.82) is 5.41 Å². The molecule has 0 aromatic heterocycles. The fourth-order valence-electron chi connectivity index (χ4n) is 0.812. The Labute approximate surface area is 68.7 Å². The van der Waals surface area contributed by atoms with Gasteiger partial charge in [0.25, 0.3) is 0 Å². The molecule has 0 fully saturated rings. The van der Waals surface area contributed by atoms with Crippen LogP contribution in [0.5, 0.6) is 0 Å². The maximum atomic E-state index is 12.9. The van der Waals surface area contributed by atoms with Gasteiger partial charge < -0.3 is 17.2 Å². The van der Waals surface area contributed by atoms with Gasteiger partial charge in [0, 0.05) is 0 Å². The zero-order valence-corrected chi connectivity index (χ0v) is 6.26. The summed E-state index contributed by atoms with van der Waals surface area (Å²) < 4.78 is 12.9. The van der Waals surface area contributed by atoms with E-state index in [1.807, 2.05) is 0 Å². The smallest absolute Gasteiger partial charge is 0.136 e. The van der Waals surface area contributed by atoms with E-state index >= 15 is 0 Å². The van der Waals surface area contributed by atoms with E-state index < -0.39 is 5.82 Å². The molecular weight excluding hydrogens is 159 g/mol. The first-order valence-corrected chi connectivity index (χ1v) is 3.21. The third-order valence-corrected chi connectivity index (χ3v) is 1.46. The molecule has 12 heavy (non-hydrogen) atoms. The van der Waals surface area contributed by atoms with Gasteiger partial charge in [0.15, 0.2) is 0 Å². The molecule has 64 valence electrons. The van der Waals surface area contributed by atoms with Crippen LogP contribution in [-0.4, -0.2) is 5.84 Å². The summed E-state index contributed by atoms with van der Waals surface area (Å²) in [6.45, 7) is 0. The van der Waals surface area contributed by atoms with Gasteiger partial charge in [-0.2, -0.15) is 0 Å². The van der Waals surface area contributed by atoms with Gasteiger partial charge in [-0.05, 0) is 12.1 Å². The molecule has 5 heteroatoms. The molecule has 0 heterocycles. The lowest BCUT2D eigenvalue weighted by atomic mass is 10.1. The lowest BCUT2D eigenvalue weighted by Crippen LogP contribution is -2.14. The summed E-state index contributed by atoms with van der Waals surface area (Å²) in [5.41, 5.74) is 16.1. The molecule has 0 aliphatic rings. The quantitative estimate of drug-likeness (QED) is 0.275. The highest BCUT2D eigenvalue weighted by Gasteiger charge is 2.07. The molecule has 0 amide bonds. The minimum Gasteiger partial charge on any atom is -0.397 e. The molecule has 4 nitrogen and oxygen atoms in total. The van der Waals surface area contributed by atoms with Crippen molar-refractivity contribution in [2.24, 2.45) is 5.73 Å². The van der Waals surface area contributed by atoms with Crippen LogP contribution in [0.15, 0.2) is 12.1 Å². The first-order valence-electron chi connectivity index (χ1n) is 3.21.